The van der Waals surface area contributed by atoms with Crippen molar-refractivity contribution < 1.29 is 9.53 Å². The highest BCUT2D eigenvalue weighted by atomic mass is 16.5. The summed E-state index contributed by atoms with van der Waals surface area (Å²) < 4.78 is 5.81. The number of nitrogens with two attached hydrogens (primary N) is 1. The largest absolute Gasteiger partial charge is 0.376 e. The molecule has 2 N–H and O–H groups in total. The lowest BCUT2D eigenvalue weighted by Gasteiger charge is -2.32. The molecule has 1 unspecified atom stereocenters. The minimum atomic E-state index is -0.0180. The highest BCUT2D eigenvalue weighted by Gasteiger charge is 2.25. The number of anilines is 1. The molecule has 1 amide bonds. The van der Waals surface area contributed by atoms with Gasteiger partial charge in [-0.25, -0.2) is 9.97 Å². The summed E-state index contributed by atoms with van der Waals surface area (Å²) in [5.41, 5.74) is 7.65. The lowest BCUT2D eigenvalue weighted by molar-refractivity contribution is 0.00210. The Morgan fingerprint density at radius 2 is 2.08 bits per heavy atom. The molecule has 1 atom stereocenters. The molecule has 1 saturated heterocycles. The predicted molar refractivity (Wildman–Crippen MR) is 94.8 cm³/mol. The Hall–Kier alpha value is -2.54. The molecule has 132 valence electrons. The molecule has 0 aliphatic carbocycles. The van der Waals surface area contributed by atoms with Gasteiger partial charge in [-0.3, -0.25) is 9.78 Å². The van der Waals surface area contributed by atoms with Gasteiger partial charge in [0.2, 0.25) is 5.95 Å². The van der Waals surface area contributed by atoms with Crippen LogP contribution in [0.3, 0.4) is 0 Å². The van der Waals surface area contributed by atoms with Crippen molar-refractivity contribution in [1.29, 1.82) is 0 Å². The average molecular weight is 341 g/mol. The molecule has 0 bridgehead atoms. The molecule has 7 nitrogen and oxygen atoms in total. The van der Waals surface area contributed by atoms with E-state index in [0.717, 1.165) is 43.5 Å². The monoisotopic (exact) mass is 341 g/mol. The number of hydrogen-bond donors (Lipinski definition) is 1. The molecule has 2 aromatic rings. The molecule has 0 radical (unpaired) electrons. The van der Waals surface area contributed by atoms with Crippen LogP contribution in [0.25, 0.3) is 11.1 Å². The molecule has 0 aromatic carbocycles. The third-order valence-corrected chi connectivity index (χ3v) is 4.21. The first-order chi connectivity index (χ1) is 12.2. The Kier molecular flexibility index (Phi) is 5.55. The first-order valence-corrected chi connectivity index (χ1v) is 8.61. The molecule has 0 spiro atoms. The van der Waals surface area contributed by atoms with Crippen molar-refractivity contribution in [2.45, 2.75) is 32.3 Å². The second-order valence-corrected chi connectivity index (χ2v) is 6.18. The molecule has 7 heteroatoms. The Bertz CT molecular complexity index is 720. The van der Waals surface area contributed by atoms with Crippen LogP contribution in [0.5, 0.6) is 0 Å². The fourth-order valence-electron chi connectivity index (χ4n) is 2.93. The average Bonchev–Trinajstić information content (AvgIpc) is 2.66. The Morgan fingerprint density at radius 3 is 2.84 bits per heavy atom. The molecule has 1 fully saturated rings. The molecule has 0 saturated carbocycles. The van der Waals surface area contributed by atoms with E-state index in [1.807, 2.05) is 11.0 Å². The van der Waals surface area contributed by atoms with Gasteiger partial charge in [0.15, 0.2) is 0 Å². The van der Waals surface area contributed by atoms with E-state index in [1.165, 1.54) is 0 Å². The van der Waals surface area contributed by atoms with E-state index < -0.39 is 0 Å². The minimum absolute atomic E-state index is 0.0180. The zero-order chi connectivity index (χ0) is 17.6. The molecular formula is C18H23N5O2. The van der Waals surface area contributed by atoms with Gasteiger partial charge in [-0.1, -0.05) is 6.92 Å². The van der Waals surface area contributed by atoms with Crippen LogP contribution in [-0.4, -0.2) is 51.6 Å². The van der Waals surface area contributed by atoms with Crippen molar-refractivity contribution in [3.05, 3.63) is 36.4 Å². The lowest BCUT2D eigenvalue weighted by atomic mass is 10.1. The minimum Gasteiger partial charge on any atom is -0.376 e. The van der Waals surface area contributed by atoms with Crippen LogP contribution in [0.1, 0.15) is 36.5 Å². The number of piperidine rings is 1. The Labute approximate surface area is 147 Å². The van der Waals surface area contributed by atoms with Gasteiger partial charge < -0.3 is 15.4 Å². The van der Waals surface area contributed by atoms with Gasteiger partial charge in [0.05, 0.1) is 11.7 Å². The summed E-state index contributed by atoms with van der Waals surface area (Å²) in [6.45, 7) is 4.21. The van der Waals surface area contributed by atoms with Crippen LogP contribution in [0, 0.1) is 0 Å². The second-order valence-electron chi connectivity index (χ2n) is 6.18. The number of nitrogen functional groups attached to an aromatic ring is 1. The summed E-state index contributed by atoms with van der Waals surface area (Å²) in [5, 5.41) is 0. The van der Waals surface area contributed by atoms with Crippen molar-refractivity contribution in [3.63, 3.8) is 0 Å². The molecular weight excluding hydrogens is 318 g/mol. The van der Waals surface area contributed by atoms with Crippen molar-refractivity contribution >= 4 is 11.9 Å². The number of rotatable bonds is 5. The van der Waals surface area contributed by atoms with Crippen molar-refractivity contribution in [2.24, 2.45) is 0 Å². The van der Waals surface area contributed by atoms with E-state index in [-0.39, 0.29) is 18.0 Å². The summed E-state index contributed by atoms with van der Waals surface area (Å²) in [6, 6.07) is 1.82. The molecule has 25 heavy (non-hydrogen) atoms. The number of hydrogen-bond acceptors (Lipinski definition) is 6. The maximum atomic E-state index is 12.8. The van der Waals surface area contributed by atoms with Crippen molar-refractivity contribution in [1.82, 2.24) is 19.9 Å². The van der Waals surface area contributed by atoms with Gasteiger partial charge in [-0.05, 0) is 25.3 Å². The standard InChI is InChI=1S/C18H23N5O2/c1-2-6-25-16-4-3-5-23(12-16)17(24)14-7-13(8-20-9-14)15-10-21-18(19)22-11-15/h7-11,16H,2-6,12H2,1H3,(H2,19,21,22). The van der Waals surface area contributed by atoms with E-state index in [1.54, 1.807) is 24.8 Å². The number of likely N-dealkylation sites (tertiary alicyclic amines) is 1. The summed E-state index contributed by atoms with van der Waals surface area (Å²) in [5.74, 6) is 0.200. The van der Waals surface area contributed by atoms with Crippen LogP contribution >= 0.6 is 0 Å². The summed E-state index contributed by atoms with van der Waals surface area (Å²) >= 11 is 0. The van der Waals surface area contributed by atoms with E-state index in [9.17, 15) is 4.79 Å². The normalized spacial score (nSPS) is 17.5. The molecule has 2 aromatic heterocycles. The van der Waals surface area contributed by atoms with Crippen molar-refractivity contribution in [2.75, 3.05) is 25.4 Å². The number of amides is 1. The number of nitrogens with zero attached hydrogens (tertiary/aromatic N) is 4. The first kappa shape index (κ1) is 17.3. The molecule has 3 rings (SSSR count). The van der Waals surface area contributed by atoms with E-state index in [4.69, 9.17) is 10.5 Å². The summed E-state index contributed by atoms with van der Waals surface area (Å²) in [6.07, 6.45) is 9.62. The number of pyridine rings is 1. The van der Waals surface area contributed by atoms with E-state index in [2.05, 4.69) is 21.9 Å². The fourth-order valence-corrected chi connectivity index (χ4v) is 2.93. The summed E-state index contributed by atoms with van der Waals surface area (Å²) in [4.78, 5) is 26.9. The predicted octanol–water partition coefficient (Wildman–Crippen LogP) is 2.15. The van der Waals surface area contributed by atoms with Crippen LogP contribution in [0.15, 0.2) is 30.9 Å². The Morgan fingerprint density at radius 1 is 1.28 bits per heavy atom. The SMILES string of the molecule is CCCOC1CCCN(C(=O)c2cncc(-c3cnc(N)nc3)c2)C1. The lowest BCUT2D eigenvalue weighted by Crippen LogP contribution is -2.43. The maximum Gasteiger partial charge on any atom is 0.255 e. The summed E-state index contributed by atoms with van der Waals surface area (Å²) in [7, 11) is 0. The fraction of sp³-hybridized carbons (Fsp3) is 0.444. The Balaban J connectivity index is 1.73. The van der Waals surface area contributed by atoms with Crippen LogP contribution in [0.4, 0.5) is 5.95 Å². The zero-order valence-corrected chi connectivity index (χ0v) is 14.4. The smallest absolute Gasteiger partial charge is 0.255 e. The van der Waals surface area contributed by atoms with Gasteiger partial charge in [-0.15, -0.1) is 0 Å². The second kappa shape index (κ2) is 8.02. The van der Waals surface area contributed by atoms with Crippen LogP contribution in [-0.2, 0) is 4.74 Å². The van der Waals surface area contributed by atoms with Crippen LogP contribution < -0.4 is 5.73 Å². The van der Waals surface area contributed by atoms with Gasteiger partial charge in [0.25, 0.3) is 5.91 Å². The number of aromatic nitrogens is 3. The van der Waals surface area contributed by atoms with Gasteiger partial charge >= 0.3 is 0 Å². The number of carbonyl (C=O) groups is 1. The first-order valence-electron chi connectivity index (χ1n) is 8.61. The van der Waals surface area contributed by atoms with Gasteiger partial charge in [0.1, 0.15) is 0 Å². The quantitative estimate of drug-likeness (QED) is 0.895. The third-order valence-electron chi connectivity index (χ3n) is 4.21. The van der Waals surface area contributed by atoms with E-state index in [0.29, 0.717) is 12.1 Å². The maximum absolute atomic E-state index is 12.8. The van der Waals surface area contributed by atoms with Gasteiger partial charge in [-0.2, -0.15) is 0 Å². The van der Waals surface area contributed by atoms with Crippen LogP contribution in [0.2, 0.25) is 0 Å². The van der Waals surface area contributed by atoms with Crippen molar-refractivity contribution in [3.8, 4) is 11.1 Å². The van der Waals surface area contributed by atoms with Gasteiger partial charge in [0, 0.05) is 55.6 Å². The molecule has 3 heterocycles. The van der Waals surface area contributed by atoms with E-state index >= 15 is 0 Å². The topological polar surface area (TPSA) is 94.2 Å². The number of ether oxygens (including phenoxy) is 1. The zero-order valence-electron chi connectivity index (χ0n) is 14.4. The number of carbonyl (C=O) groups excluding carboxylic acids is 1. The third kappa shape index (κ3) is 4.30. The molecule has 1 aliphatic heterocycles. The molecule has 1 aliphatic rings. The highest BCUT2D eigenvalue weighted by molar-refractivity contribution is 5.95. The highest BCUT2D eigenvalue weighted by Crippen LogP contribution is 2.21.